The average molecular weight is 299 g/mol. The van der Waals surface area contributed by atoms with E-state index in [9.17, 15) is 13.2 Å². The van der Waals surface area contributed by atoms with E-state index >= 15 is 0 Å². The van der Waals surface area contributed by atoms with Gasteiger partial charge in [0.2, 0.25) is 0 Å². The van der Waals surface area contributed by atoms with Crippen molar-refractivity contribution >= 4 is 5.84 Å². The fraction of sp³-hybridized carbons (Fsp3) is 0.500. The number of hydrogen-bond donors (Lipinski definition) is 2. The molecule has 2 N–H and O–H groups in total. The van der Waals surface area contributed by atoms with Crippen molar-refractivity contribution in [2.24, 2.45) is 4.99 Å². The van der Waals surface area contributed by atoms with Gasteiger partial charge in [0.25, 0.3) is 0 Å². The second-order valence-corrected chi connectivity index (χ2v) is 5.40. The normalized spacial score (nSPS) is 21.0. The fourth-order valence-electron chi connectivity index (χ4n) is 2.75. The summed E-state index contributed by atoms with van der Waals surface area (Å²) < 4.78 is 40.7. The highest BCUT2D eigenvalue weighted by atomic mass is 19.4. The number of alkyl halides is 3. The van der Waals surface area contributed by atoms with Crippen molar-refractivity contribution in [1.29, 1.82) is 0 Å². The third kappa shape index (κ3) is 3.29. The Labute approximate surface area is 120 Å². The van der Waals surface area contributed by atoms with Gasteiger partial charge in [-0.3, -0.25) is 4.99 Å². The first-order valence-corrected chi connectivity index (χ1v) is 6.85. The largest absolute Gasteiger partial charge is 0.573 e. The molecule has 0 radical (unpaired) electrons. The highest BCUT2D eigenvalue weighted by molar-refractivity contribution is 6.00. The molecule has 1 fully saturated rings. The number of ether oxygens (including phenoxy) is 1. The Morgan fingerprint density at radius 3 is 2.67 bits per heavy atom. The number of hydrogen-bond acceptors (Lipinski definition) is 4. The van der Waals surface area contributed by atoms with Gasteiger partial charge in [0.1, 0.15) is 11.6 Å². The molecule has 0 atom stereocenters. The molecule has 4 nitrogen and oxygen atoms in total. The first-order valence-electron chi connectivity index (χ1n) is 6.85. The van der Waals surface area contributed by atoms with Crippen molar-refractivity contribution in [1.82, 2.24) is 10.6 Å². The summed E-state index contributed by atoms with van der Waals surface area (Å²) >= 11 is 0. The van der Waals surface area contributed by atoms with Crippen LogP contribution in [0.15, 0.2) is 29.3 Å². The summed E-state index contributed by atoms with van der Waals surface area (Å²) in [7, 11) is 0. The van der Waals surface area contributed by atoms with Crippen LogP contribution in [0.25, 0.3) is 0 Å². The molecule has 2 aliphatic rings. The minimum atomic E-state index is -4.68. The Morgan fingerprint density at radius 1 is 1.19 bits per heavy atom. The molecule has 7 heteroatoms. The minimum Gasteiger partial charge on any atom is -0.406 e. The maximum absolute atomic E-state index is 12.3. The lowest BCUT2D eigenvalue weighted by Crippen LogP contribution is -2.52. The molecule has 114 valence electrons. The summed E-state index contributed by atoms with van der Waals surface area (Å²) in [5, 5.41) is 6.68. The van der Waals surface area contributed by atoms with Crippen LogP contribution in [0.1, 0.15) is 18.4 Å². The van der Waals surface area contributed by atoms with Gasteiger partial charge in [-0.25, -0.2) is 0 Å². The molecule has 0 bridgehead atoms. The molecular weight excluding hydrogens is 283 g/mol. The molecule has 0 unspecified atom stereocenters. The highest BCUT2D eigenvalue weighted by Gasteiger charge is 2.37. The van der Waals surface area contributed by atoms with Crippen molar-refractivity contribution in [2.75, 3.05) is 19.6 Å². The third-order valence-electron chi connectivity index (χ3n) is 3.83. The molecule has 0 aliphatic carbocycles. The van der Waals surface area contributed by atoms with Gasteiger partial charge in [-0.05, 0) is 38.1 Å². The van der Waals surface area contributed by atoms with Crippen LogP contribution in [0.5, 0.6) is 5.75 Å². The van der Waals surface area contributed by atoms with E-state index in [1.165, 1.54) is 18.2 Å². The molecule has 1 aromatic rings. The summed E-state index contributed by atoms with van der Waals surface area (Å²) in [6.45, 7) is 2.51. The van der Waals surface area contributed by atoms with Gasteiger partial charge in [-0.2, -0.15) is 0 Å². The lowest BCUT2D eigenvalue weighted by molar-refractivity contribution is -0.274. The van der Waals surface area contributed by atoms with Crippen LogP contribution in [0.2, 0.25) is 0 Å². The number of rotatable bonds is 2. The summed E-state index contributed by atoms with van der Waals surface area (Å²) in [5.41, 5.74) is 0.564. The maximum Gasteiger partial charge on any atom is 0.573 e. The topological polar surface area (TPSA) is 45.6 Å². The van der Waals surface area contributed by atoms with Gasteiger partial charge in [0.05, 0.1) is 12.1 Å². The Hall–Kier alpha value is -1.76. The van der Waals surface area contributed by atoms with E-state index in [1.54, 1.807) is 6.07 Å². The first-order chi connectivity index (χ1) is 9.96. The summed E-state index contributed by atoms with van der Waals surface area (Å²) in [4.78, 5) is 4.46. The fourth-order valence-corrected chi connectivity index (χ4v) is 2.75. The molecule has 3 rings (SSSR count). The number of benzene rings is 1. The highest BCUT2D eigenvalue weighted by Crippen LogP contribution is 2.27. The molecule has 1 saturated heterocycles. The SMILES string of the molecule is FC(F)(F)Oc1cccc(C2=NCC3(CCNCC3)N2)c1. The van der Waals surface area contributed by atoms with Crippen molar-refractivity contribution in [3.63, 3.8) is 0 Å². The van der Waals surface area contributed by atoms with Crippen molar-refractivity contribution < 1.29 is 17.9 Å². The average Bonchev–Trinajstić information content (AvgIpc) is 2.82. The summed E-state index contributed by atoms with van der Waals surface area (Å²) in [6, 6.07) is 5.91. The van der Waals surface area contributed by atoms with E-state index in [4.69, 9.17) is 0 Å². The van der Waals surface area contributed by atoms with Crippen molar-refractivity contribution in [3.05, 3.63) is 29.8 Å². The van der Waals surface area contributed by atoms with Gasteiger partial charge in [-0.15, -0.1) is 13.2 Å². The smallest absolute Gasteiger partial charge is 0.406 e. The van der Waals surface area contributed by atoms with Crippen LogP contribution in [0, 0.1) is 0 Å². The molecule has 1 aromatic carbocycles. The van der Waals surface area contributed by atoms with Gasteiger partial charge >= 0.3 is 6.36 Å². The Balaban J connectivity index is 1.74. The van der Waals surface area contributed by atoms with Gasteiger partial charge in [0, 0.05) is 5.56 Å². The van der Waals surface area contributed by atoms with Crippen LogP contribution in [-0.2, 0) is 0 Å². The molecule has 0 amide bonds. The lowest BCUT2D eigenvalue weighted by atomic mass is 9.89. The quantitative estimate of drug-likeness (QED) is 0.878. The van der Waals surface area contributed by atoms with Crippen LogP contribution >= 0.6 is 0 Å². The molecule has 0 saturated carbocycles. The Bertz CT molecular complexity index is 551. The van der Waals surface area contributed by atoms with Crippen molar-refractivity contribution in [3.8, 4) is 5.75 Å². The standard InChI is InChI=1S/C14H16F3N3O/c15-14(16,17)21-11-3-1-2-10(8-11)12-19-9-13(20-12)4-6-18-7-5-13/h1-3,8,18H,4-7,9H2,(H,19,20). The second kappa shape index (κ2) is 5.22. The molecule has 2 aliphatic heterocycles. The van der Waals surface area contributed by atoms with Crippen LogP contribution in [0.3, 0.4) is 0 Å². The molecule has 21 heavy (non-hydrogen) atoms. The van der Waals surface area contributed by atoms with Crippen LogP contribution in [0.4, 0.5) is 13.2 Å². The summed E-state index contributed by atoms with van der Waals surface area (Å²) in [5.74, 6) is 0.417. The Morgan fingerprint density at radius 2 is 1.95 bits per heavy atom. The van der Waals surface area contributed by atoms with E-state index in [-0.39, 0.29) is 11.3 Å². The zero-order chi connectivity index (χ0) is 14.9. The number of halogens is 3. The molecule has 1 spiro atoms. The zero-order valence-corrected chi connectivity index (χ0v) is 11.3. The number of aliphatic imine (C=N–C) groups is 1. The van der Waals surface area contributed by atoms with Gasteiger partial charge < -0.3 is 15.4 Å². The maximum atomic E-state index is 12.3. The van der Waals surface area contributed by atoms with Gasteiger partial charge in [0.15, 0.2) is 0 Å². The zero-order valence-electron chi connectivity index (χ0n) is 11.3. The number of nitrogens with one attached hydrogen (secondary N) is 2. The monoisotopic (exact) mass is 299 g/mol. The lowest BCUT2D eigenvalue weighted by Gasteiger charge is -2.34. The number of piperidine rings is 1. The van der Waals surface area contributed by atoms with E-state index in [0.29, 0.717) is 17.9 Å². The summed E-state index contributed by atoms with van der Waals surface area (Å²) in [6.07, 6.45) is -2.77. The Kier molecular flexibility index (Phi) is 3.52. The molecule has 2 heterocycles. The van der Waals surface area contributed by atoms with Crippen LogP contribution < -0.4 is 15.4 Å². The first kappa shape index (κ1) is 14.2. The second-order valence-electron chi connectivity index (χ2n) is 5.40. The van der Waals surface area contributed by atoms with E-state index in [2.05, 4.69) is 20.4 Å². The number of amidine groups is 1. The van der Waals surface area contributed by atoms with Crippen LogP contribution in [-0.4, -0.2) is 37.4 Å². The minimum absolute atomic E-state index is 0.0541. The van der Waals surface area contributed by atoms with E-state index in [1.807, 2.05) is 0 Å². The predicted molar refractivity (Wildman–Crippen MR) is 72.5 cm³/mol. The number of nitrogens with zero attached hydrogens (tertiary/aromatic N) is 1. The van der Waals surface area contributed by atoms with E-state index < -0.39 is 6.36 Å². The third-order valence-corrected chi connectivity index (χ3v) is 3.83. The predicted octanol–water partition coefficient (Wildman–Crippen LogP) is 2.06. The molecule has 0 aromatic heterocycles. The van der Waals surface area contributed by atoms with E-state index in [0.717, 1.165) is 25.9 Å². The molecular formula is C14H16F3N3O. The van der Waals surface area contributed by atoms with Gasteiger partial charge in [-0.1, -0.05) is 12.1 Å². The van der Waals surface area contributed by atoms with Crippen molar-refractivity contribution in [2.45, 2.75) is 24.7 Å².